The summed E-state index contributed by atoms with van der Waals surface area (Å²) >= 11 is 8.14. The number of likely N-dealkylation sites (tertiary alicyclic amines) is 1. The van der Waals surface area contributed by atoms with Gasteiger partial charge in [-0.3, -0.25) is 4.79 Å². The summed E-state index contributed by atoms with van der Waals surface area (Å²) in [4.78, 5) is 35.4. The number of nitrogen functional groups attached to an aromatic ring is 1. The molecule has 0 spiro atoms. The molecule has 3 aliphatic rings. The SMILES string of the molecule is CC(C1CCN(C(=O)n2ccnc2C#N)C(C2CC2)C1)N1CCCOc2c(cc(F)c(-c3cccc4sc(N)c(C#N)c34)c2Cl)C1=O. The molecule has 3 unspecified atom stereocenters. The molecule has 2 amide bonds. The first-order chi connectivity index (χ1) is 22.7. The Kier molecular flexibility index (Phi) is 8.03. The Balaban J connectivity index is 1.19. The molecule has 2 aromatic heterocycles. The Hall–Kier alpha value is -4.65. The van der Waals surface area contributed by atoms with Crippen LogP contribution in [0.1, 0.15) is 60.8 Å². The molecule has 10 nitrogen and oxygen atoms in total. The smallest absolute Gasteiger partial charge is 0.330 e. The average Bonchev–Trinajstić information content (AvgIpc) is 3.70. The molecule has 2 fully saturated rings. The summed E-state index contributed by atoms with van der Waals surface area (Å²) in [7, 11) is 0. The largest absolute Gasteiger partial charge is 0.491 e. The lowest BCUT2D eigenvalue weighted by Gasteiger charge is -2.44. The summed E-state index contributed by atoms with van der Waals surface area (Å²) in [5.41, 5.74) is 6.88. The van der Waals surface area contributed by atoms with Crippen LogP contribution >= 0.6 is 22.9 Å². The minimum Gasteiger partial charge on any atom is -0.491 e. The zero-order valence-electron chi connectivity index (χ0n) is 25.6. The Labute approximate surface area is 279 Å². The number of hydrogen-bond donors (Lipinski definition) is 1. The van der Waals surface area contributed by atoms with E-state index in [4.69, 9.17) is 22.1 Å². The quantitative estimate of drug-likeness (QED) is 0.256. The van der Waals surface area contributed by atoms with Gasteiger partial charge in [0.2, 0.25) is 5.82 Å². The summed E-state index contributed by atoms with van der Waals surface area (Å²) < 4.78 is 24.2. The van der Waals surface area contributed by atoms with Gasteiger partial charge in [0.05, 0.1) is 22.8 Å². The number of nitriles is 2. The molecule has 4 aromatic rings. The molecule has 240 valence electrons. The van der Waals surface area contributed by atoms with Crippen molar-refractivity contribution in [3.05, 3.63) is 64.5 Å². The number of hydrogen-bond acceptors (Lipinski definition) is 8. The van der Waals surface area contributed by atoms with Crippen molar-refractivity contribution in [3.8, 4) is 29.0 Å². The van der Waals surface area contributed by atoms with E-state index in [0.717, 1.165) is 17.5 Å². The predicted molar refractivity (Wildman–Crippen MR) is 176 cm³/mol. The molecule has 4 heterocycles. The van der Waals surface area contributed by atoms with E-state index in [1.807, 2.05) is 24.0 Å². The number of piperidine rings is 1. The van der Waals surface area contributed by atoms with Crippen molar-refractivity contribution in [3.63, 3.8) is 0 Å². The zero-order valence-corrected chi connectivity index (χ0v) is 27.2. The normalized spacial score (nSPS) is 20.5. The molecular formula is C34H31ClFN7O3S. The molecule has 13 heteroatoms. The van der Waals surface area contributed by atoms with Crippen LogP contribution in [0.4, 0.5) is 14.2 Å². The number of halogens is 2. The van der Waals surface area contributed by atoms with E-state index in [0.29, 0.717) is 54.2 Å². The summed E-state index contributed by atoms with van der Waals surface area (Å²) in [5.74, 6) is -0.417. The highest BCUT2D eigenvalue weighted by Gasteiger charge is 2.44. The van der Waals surface area contributed by atoms with Crippen molar-refractivity contribution in [1.82, 2.24) is 19.4 Å². The van der Waals surface area contributed by atoms with E-state index in [2.05, 4.69) is 11.1 Å². The van der Waals surface area contributed by atoms with Gasteiger partial charge in [0.1, 0.15) is 23.0 Å². The topological polar surface area (TPSA) is 141 Å². The second-order valence-corrected chi connectivity index (χ2v) is 13.9. The third-order valence-electron chi connectivity index (χ3n) is 9.80. The highest BCUT2D eigenvalue weighted by Crippen LogP contribution is 2.47. The molecule has 1 aliphatic carbocycles. The molecule has 3 atom stereocenters. The first-order valence-corrected chi connectivity index (χ1v) is 16.8. The van der Waals surface area contributed by atoms with Crippen LogP contribution in [0.15, 0.2) is 36.7 Å². The highest BCUT2D eigenvalue weighted by molar-refractivity contribution is 7.23. The van der Waals surface area contributed by atoms with Gasteiger partial charge in [0.25, 0.3) is 5.91 Å². The number of amides is 2. The summed E-state index contributed by atoms with van der Waals surface area (Å²) in [6, 6.07) is 10.1. The maximum absolute atomic E-state index is 16.1. The first kappa shape index (κ1) is 31.0. The third-order valence-corrected chi connectivity index (χ3v) is 11.1. The molecule has 47 heavy (non-hydrogen) atoms. The summed E-state index contributed by atoms with van der Waals surface area (Å²) in [6.07, 6.45) is 6.96. The van der Waals surface area contributed by atoms with Crippen LogP contribution in [0.2, 0.25) is 5.02 Å². The lowest BCUT2D eigenvalue weighted by atomic mass is 9.83. The van der Waals surface area contributed by atoms with Crippen LogP contribution < -0.4 is 10.5 Å². The maximum Gasteiger partial charge on any atom is 0.330 e. The van der Waals surface area contributed by atoms with Crippen molar-refractivity contribution >= 4 is 50.0 Å². The lowest BCUT2D eigenvalue weighted by Crippen LogP contribution is -2.53. The standard InChI is InChI=1S/C34H31ClFN7O3S/c1-18(20-8-11-42(25(14-20)19-6-7-19)34(45)43-12-9-40-27(43)17-38)41-10-3-13-46-31-22(33(41)44)15-24(36)29(30(31)35)21-4-2-5-26-28(21)23(16-37)32(39)47-26/h2,4-5,9,12,15,18-20,25H,3,6-8,10-11,13-14,39H2,1H3. The fraction of sp³-hybridized carbons (Fsp3) is 0.382. The van der Waals surface area contributed by atoms with Crippen molar-refractivity contribution in [2.75, 3.05) is 25.4 Å². The summed E-state index contributed by atoms with van der Waals surface area (Å²) in [5, 5.41) is 20.0. The maximum atomic E-state index is 16.1. The minimum atomic E-state index is -0.697. The number of anilines is 1. The molecule has 7 rings (SSSR count). The predicted octanol–water partition coefficient (Wildman–Crippen LogP) is 6.65. The minimum absolute atomic E-state index is 0.0141. The van der Waals surface area contributed by atoms with E-state index in [1.54, 1.807) is 17.0 Å². The molecule has 0 bridgehead atoms. The molecule has 2 aliphatic heterocycles. The Morgan fingerprint density at radius 2 is 2.02 bits per heavy atom. The number of imidazole rings is 1. The molecule has 1 saturated heterocycles. The van der Waals surface area contributed by atoms with E-state index < -0.39 is 5.82 Å². The first-order valence-electron chi connectivity index (χ1n) is 15.6. The van der Waals surface area contributed by atoms with Crippen molar-refractivity contribution in [2.24, 2.45) is 11.8 Å². The second kappa shape index (κ2) is 12.2. The zero-order chi connectivity index (χ0) is 33.0. The Bertz CT molecular complexity index is 2010. The molecule has 2 N–H and O–H groups in total. The van der Waals surface area contributed by atoms with E-state index in [9.17, 15) is 20.1 Å². The van der Waals surface area contributed by atoms with Crippen LogP contribution in [0, 0.1) is 40.3 Å². The van der Waals surface area contributed by atoms with E-state index in [-0.39, 0.29) is 69.8 Å². The van der Waals surface area contributed by atoms with Crippen LogP contribution in [0.3, 0.4) is 0 Å². The van der Waals surface area contributed by atoms with Gasteiger partial charge in [-0.25, -0.2) is 18.7 Å². The number of nitrogens with zero attached hydrogens (tertiary/aromatic N) is 6. The fourth-order valence-corrected chi connectivity index (χ4v) is 8.55. The number of carbonyl (C=O) groups excluding carboxylic acids is 2. The van der Waals surface area contributed by atoms with Gasteiger partial charge in [-0.1, -0.05) is 23.7 Å². The average molecular weight is 672 g/mol. The van der Waals surface area contributed by atoms with Gasteiger partial charge in [-0.2, -0.15) is 10.5 Å². The van der Waals surface area contributed by atoms with Gasteiger partial charge >= 0.3 is 6.03 Å². The Morgan fingerprint density at radius 3 is 2.77 bits per heavy atom. The molecule has 2 aromatic carbocycles. The molecular weight excluding hydrogens is 641 g/mol. The van der Waals surface area contributed by atoms with E-state index >= 15 is 4.39 Å². The lowest BCUT2D eigenvalue weighted by molar-refractivity contribution is 0.0439. The van der Waals surface area contributed by atoms with Gasteiger partial charge < -0.3 is 20.3 Å². The summed E-state index contributed by atoms with van der Waals surface area (Å²) in [6.45, 7) is 3.21. The number of nitrogens with two attached hydrogens (primary N) is 1. The van der Waals surface area contributed by atoms with Gasteiger partial charge in [-0.05, 0) is 68.6 Å². The fourth-order valence-electron chi connectivity index (χ4n) is 7.25. The molecule has 0 radical (unpaired) electrons. The number of carbonyl (C=O) groups is 2. The van der Waals surface area contributed by atoms with Crippen molar-refractivity contribution in [1.29, 1.82) is 10.5 Å². The number of ether oxygens (including phenoxy) is 1. The third kappa shape index (κ3) is 5.26. The van der Waals surface area contributed by atoms with Crippen LogP contribution in [0.25, 0.3) is 21.2 Å². The molecule has 1 saturated carbocycles. The van der Waals surface area contributed by atoms with Gasteiger partial charge in [0.15, 0.2) is 5.75 Å². The van der Waals surface area contributed by atoms with Gasteiger partial charge in [-0.15, -0.1) is 11.3 Å². The van der Waals surface area contributed by atoms with Crippen molar-refractivity contribution < 1.29 is 18.7 Å². The monoisotopic (exact) mass is 671 g/mol. The number of benzene rings is 2. The number of fused-ring (bicyclic) bond motifs is 2. The van der Waals surface area contributed by atoms with Crippen LogP contribution in [-0.4, -0.2) is 63.1 Å². The van der Waals surface area contributed by atoms with Crippen molar-refractivity contribution in [2.45, 2.75) is 51.1 Å². The number of thiophene rings is 1. The number of rotatable bonds is 4. The van der Waals surface area contributed by atoms with Crippen LogP contribution in [-0.2, 0) is 0 Å². The Morgan fingerprint density at radius 1 is 1.21 bits per heavy atom. The second-order valence-electron chi connectivity index (χ2n) is 12.4. The highest BCUT2D eigenvalue weighted by atomic mass is 35.5. The van der Waals surface area contributed by atoms with E-state index in [1.165, 1.54) is 34.4 Å². The number of aromatic nitrogens is 2. The van der Waals surface area contributed by atoms with Gasteiger partial charge in [0, 0.05) is 53.2 Å². The van der Waals surface area contributed by atoms with Crippen LogP contribution in [0.5, 0.6) is 5.75 Å².